The van der Waals surface area contributed by atoms with Gasteiger partial charge in [-0.05, 0) is 51.4 Å². The molecule has 0 aliphatic rings. The van der Waals surface area contributed by atoms with E-state index in [0.29, 0.717) is 19.3 Å². The zero-order valence-corrected chi connectivity index (χ0v) is 48.5. The van der Waals surface area contributed by atoms with E-state index in [-0.39, 0.29) is 31.1 Å². The van der Waals surface area contributed by atoms with Crippen LogP contribution in [-0.4, -0.2) is 37.2 Å². The van der Waals surface area contributed by atoms with Gasteiger partial charge in [0.25, 0.3) is 0 Å². The molecule has 0 saturated heterocycles. The zero-order valence-electron chi connectivity index (χ0n) is 48.5. The van der Waals surface area contributed by atoms with E-state index in [4.69, 9.17) is 14.2 Å². The number of carbonyl (C=O) groups excluding carboxylic acids is 3. The van der Waals surface area contributed by atoms with E-state index in [1.807, 2.05) is 0 Å². The molecule has 0 rings (SSSR count). The summed E-state index contributed by atoms with van der Waals surface area (Å²) in [6.45, 7) is 6.56. The lowest BCUT2D eigenvalue weighted by Crippen LogP contribution is -2.30. The van der Waals surface area contributed by atoms with Crippen molar-refractivity contribution in [2.24, 2.45) is 0 Å². The standard InChI is InChI=1S/C66H122O6/c1-4-7-10-13-16-19-21-23-25-27-28-29-30-31-32-33-34-35-36-37-39-40-42-44-47-50-53-56-59-65(68)71-62-63(61-70-64(67)58-55-52-49-46-18-15-12-9-6-3)72-66(69)60-57-54-51-48-45-43-41-38-26-24-22-20-17-14-11-8-5-2/h8,11,17,20,24,26,63H,4-7,9-10,12-16,18-19,21-23,25,27-62H2,1-3H3/b11-8-,20-17-,26-24-. The SMILES string of the molecule is CC/C=C\C/C=C\C/C=C\CCCCCCCCCC(=O)OC(COC(=O)CCCCCCCCCCC)COC(=O)CCCCCCCCCCCCCCCCCCCCCCCCCCCCCC. The van der Waals surface area contributed by atoms with Crippen molar-refractivity contribution < 1.29 is 28.6 Å². The first-order valence-electron chi connectivity index (χ1n) is 32.0. The van der Waals surface area contributed by atoms with Gasteiger partial charge in [0.2, 0.25) is 0 Å². The van der Waals surface area contributed by atoms with Gasteiger partial charge in [-0.2, -0.15) is 0 Å². The van der Waals surface area contributed by atoms with Crippen molar-refractivity contribution in [1.29, 1.82) is 0 Å². The molecule has 72 heavy (non-hydrogen) atoms. The van der Waals surface area contributed by atoms with Crippen LogP contribution in [0, 0.1) is 0 Å². The van der Waals surface area contributed by atoms with Crippen LogP contribution >= 0.6 is 0 Å². The zero-order chi connectivity index (χ0) is 52.2. The Bertz CT molecular complexity index is 1210. The predicted octanol–water partition coefficient (Wildman–Crippen LogP) is 21.6. The molecule has 1 unspecified atom stereocenters. The van der Waals surface area contributed by atoms with Crippen LogP contribution in [-0.2, 0) is 28.6 Å². The Labute approximate surface area is 448 Å². The van der Waals surface area contributed by atoms with Crippen LogP contribution in [0.25, 0.3) is 0 Å². The maximum atomic E-state index is 12.8. The topological polar surface area (TPSA) is 78.9 Å². The van der Waals surface area contributed by atoms with Crippen LogP contribution in [0.5, 0.6) is 0 Å². The summed E-state index contributed by atoms with van der Waals surface area (Å²) >= 11 is 0. The molecule has 0 bridgehead atoms. The maximum Gasteiger partial charge on any atom is 0.306 e. The Hall–Kier alpha value is -2.37. The highest BCUT2D eigenvalue weighted by Gasteiger charge is 2.19. The van der Waals surface area contributed by atoms with Crippen LogP contribution < -0.4 is 0 Å². The minimum absolute atomic E-state index is 0.0715. The van der Waals surface area contributed by atoms with E-state index in [0.717, 1.165) is 83.5 Å². The summed E-state index contributed by atoms with van der Waals surface area (Å²) in [5.41, 5.74) is 0. The fourth-order valence-electron chi connectivity index (χ4n) is 9.64. The van der Waals surface area contributed by atoms with E-state index in [1.54, 1.807) is 0 Å². The molecular formula is C66H122O6. The third kappa shape index (κ3) is 58.5. The number of allylic oxidation sites excluding steroid dienone is 6. The molecule has 6 heteroatoms. The molecule has 0 aromatic carbocycles. The molecule has 0 aliphatic carbocycles. The van der Waals surface area contributed by atoms with Gasteiger partial charge in [-0.3, -0.25) is 14.4 Å². The first kappa shape index (κ1) is 69.6. The van der Waals surface area contributed by atoms with E-state index >= 15 is 0 Å². The largest absolute Gasteiger partial charge is 0.462 e. The average molecular weight is 1010 g/mol. The minimum atomic E-state index is -0.773. The van der Waals surface area contributed by atoms with E-state index in [9.17, 15) is 14.4 Å². The molecule has 0 aromatic heterocycles. The van der Waals surface area contributed by atoms with Gasteiger partial charge < -0.3 is 14.2 Å². The molecule has 0 aromatic rings. The van der Waals surface area contributed by atoms with E-state index < -0.39 is 6.10 Å². The lowest BCUT2D eigenvalue weighted by molar-refractivity contribution is -0.167. The van der Waals surface area contributed by atoms with Gasteiger partial charge in [-0.15, -0.1) is 0 Å². The smallest absolute Gasteiger partial charge is 0.306 e. The number of unbranched alkanes of at least 4 members (excludes halogenated alkanes) is 42. The molecule has 1 atom stereocenters. The monoisotopic (exact) mass is 1010 g/mol. The van der Waals surface area contributed by atoms with Crippen molar-refractivity contribution in [2.75, 3.05) is 13.2 Å². The second-order valence-corrected chi connectivity index (χ2v) is 21.7. The number of esters is 3. The van der Waals surface area contributed by atoms with Gasteiger partial charge in [0.1, 0.15) is 13.2 Å². The first-order chi connectivity index (χ1) is 35.5. The fourth-order valence-corrected chi connectivity index (χ4v) is 9.64. The van der Waals surface area contributed by atoms with Crippen LogP contribution in [0.3, 0.4) is 0 Å². The van der Waals surface area contributed by atoms with Crippen LogP contribution in [0.2, 0.25) is 0 Å². The third-order valence-electron chi connectivity index (χ3n) is 14.4. The second kappa shape index (κ2) is 61.2. The maximum absolute atomic E-state index is 12.8. The van der Waals surface area contributed by atoms with Gasteiger partial charge in [-0.1, -0.05) is 314 Å². The van der Waals surface area contributed by atoms with Crippen molar-refractivity contribution in [2.45, 2.75) is 354 Å². The highest BCUT2D eigenvalue weighted by Crippen LogP contribution is 2.18. The molecule has 0 radical (unpaired) electrons. The summed E-state index contributed by atoms with van der Waals surface area (Å²) in [5, 5.41) is 0. The number of carbonyl (C=O) groups is 3. The summed E-state index contributed by atoms with van der Waals surface area (Å²) in [7, 11) is 0. The Kier molecular flexibility index (Phi) is 59.2. The second-order valence-electron chi connectivity index (χ2n) is 21.7. The van der Waals surface area contributed by atoms with Crippen LogP contribution in [0.4, 0.5) is 0 Å². The molecule has 0 spiro atoms. The molecule has 0 fully saturated rings. The number of hydrogen-bond donors (Lipinski definition) is 0. The van der Waals surface area contributed by atoms with Crippen molar-refractivity contribution in [3.05, 3.63) is 36.5 Å². The van der Waals surface area contributed by atoms with Gasteiger partial charge in [0.05, 0.1) is 0 Å². The summed E-state index contributed by atoms with van der Waals surface area (Å²) in [5.74, 6) is -0.864. The summed E-state index contributed by atoms with van der Waals surface area (Å²) in [4.78, 5) is 38.1. The highest BCUT2D eigenvalue weighted by atomic mass is 16.6. The Balaban J connectivity index is 4.10. The fraction of sp³-hybridized carbons (Fsp3) is 0.864. The molecular weight excluding hydrogens is 889 g/mol. The number of rotatable bonds is 59. The number of hydrogen-bond acceptors (Lipinski definition) is 6. The summed E-state index contributed by atoms with van der Waals surface area (Å²) in [6.07, 6.45) is 74.6. The Morgan fingerprint density at radius 1 is 0.292 bits per heavy atom. The molecule has 6 nitrogen and oxygen atoms in total. The van der Waals surface area contributed by atoms with Gasteiger partial charge in [0.15, 0.2) is 6.10 Å². The van der Waals surface area contributed by atoms with Gasteiger partial charge in [-0.25, -0.2) is 0 Å². The Morgan fingerprint density at radius 3 is 0.847 bits per heavy atom. The Morgan fingerprint density at radius 2 is 0.542 bits per heavy atom. The van der Waals surface area contributed by atoms with Crippen LogP contribution in [0.1, 0.15) is 348 Å². The summed E-state index contributed by atoms with van der Waals surface area (Å²) in [6, 6.07) is 0. The number of ether oxygens (including phenoxy) is 3. The molecule has 0 saturated carbocycles. The predicted molar refractivity (Wildman–Crippen MR) is 312 cm³/mol. The minimum Gasteiger partial charge on any atom is -0.462 e. The van der Waals surface area contributed by atoms with Gasteiger partial charge >= 0.3 is 17.9 Å². The lowest BCUT2D eigenvalue weighted by atomic mass is 10.0. The first-order valence-corrected chi connectivity index (χ1v) is 32.0. The molecule has 0 N–H and O–H groups in total. The van der Waals surface area contributed by atoms with Crippen molar-refractivity contribution in [3.63, 3.8) is 0 Å². The molecule has 0 aliphatic heterocycles. The van der Waals surface area contributed by atoms with Gasteiger partial charge in [0, 0.05) is 19.3 Å². The van der Waals surface area contributed by atoms with Crippen molar-refractivity contribution in [3.8, 4) is 0 Å². The lowest BCUT2D eigenvalue weighted by Gasteiger charge is -2.18. The molecule has 0 heterocycles. The van der Waals surface area contributed by atoms with E-state index in [1.165, 1.54) is 225 Å². The van der Waals surface area contributed by atoms with Crippen molar-refractivity contribution in [1.82, 2.24) is 0 Å². The molecule has 0 amide bonds. The third-order valence-corrected chi connectivity index (χ3v) is 14.4. The molecule has 422 valence electrons. The quantitative estimate of drug-likeness (QED) is 0.0261. The normalized spacial score (nSPS) is 12.2. The van der Waals surface area contributed by atoms with Crippen LogP contribution in [0.15, 0.2) is 36.5 Å². The average Bonchev–Trinajstić information content (AvgIpc) is 3.38. The summed E-state index contributed by atoms with van der Waals surface area (Å²) < 4.78 is 16.9. The highest BCUT2D eigenvalue weighted by molar-refractivity contribution is 5.71. The van der Waals surface area contributed by atoms with Crippen molar-refractivity contribution >= 4 is 17.9 Å². The van der Waals surface area contributed by atoms with E-state index in [2.05, 4.69) is 57.2 Å².